The molecule has 0 saturated heterocycles. The number of hydrogen-bond acceptors (Lipinski definition) is 2. The summed E-state index contributed by atoms with van der Waals surface area (Å²) in [5, 5.41) is 10.2. The Balaban J connectivity index is 2.13. The van der Waals surface area contributed by atoms with Gasteiger partial charge < -0.3 is 14.8 Å². The maximum atomic E-state index is 11.1. The second-order valence-electron chi connectivity index (χ2n) is 5.62. The summed E-state index contributed by atoms with van der Waals surface area (Å²) in [7, 11) is 1.66. The van der Waals surface area contributed by atoms with Gasteiger partial charge in [-0.2, -0.15) is 0 Å². The first kappa shape index (κ1) is 13.0. The number of rotatable bonds is 5. The van der Waals surface area contributed by atoms with Crippen molar-refractivity contribution in [1.29, 1.82) is 0 Å². The number of methoxy groups -OCH3 is 1. The SMILES string of the molecule is COc1c(C(CC(=O)O)C2CC2)ccc2[nH]cc(C)c12. The molecule has 1 saturated carbocycles. The van der Waals surface area contributed by atoms with Crippen molar-refractivity contribution in [2.75, 3.05) is 7.11 Å². The van der Waals surface area contributed by atoms with E-state index >= 15 is 0 Å². The van der Waals surface area contributed by atoms with Crippen molar-refractivity contribution in [3.8, 4) is 5.75 Å². The van der Waals surface area contributed by atoms with Crippen LogP contribution in [-0.2, 0) is 4.79 Å². The van der Waals surface area contributed by atoms with Crippen molar-refractivity contribution < 1.29 is 14.6 Å². The summed E-state index contributed by atoms with van der Waals surface area (Å²) in [5.41, 5.74) is 3.20. The van der Waals surface area contributed by atoms with Crippen LogP contribution in [0.25, 0.3) is 10.9 Å². The number of fused-ring (bicyclic) bond motifs is 1. The summed E-state index contributed by atoms with van der Waals surface area (Å²) in [5.74, 6) is 0.632. The predicted octanol–water partition coefficient (Wildman–Crippen LogP) is 3.45. The number of carboxylic acid groups (broad SMARTS) is 1. The van der Waals surface area contributed by atoms with Crippen LogP contribution in [-0.4, -0.2) is 23.2 Å². The van der Waals surface area contributed by atoms with Crippen molar-refractivity contribution in [2.24, 2.45) is 5.92 Å². The van der Waals surface area contributed by atoms with Gasteiger partial charge in [0.25, 0.3) is 0 Å². The molecule has 0 radical (unpaired) electrons. The predicted molar refractivity (Wildman–Crippen MR) is 77.3 cm³/mol. The van der Waals surface area contributed by atoms with Crippen LogP contribution in [0.4, 0.5) is 0 Å². The largest absolute Gasteiger partial charge is 0.496 e. The maximum Gasteiger partial charge on any atom is 0.303 e. The molecule has 0 aliphatic heterocycles. The highest BCUT2D eigenvalue weighted by molar-refractivity contribution is 5.90. The topological polar surface area (TPSA) is 62.3 Å². The lowest BCUT2D eigenvalue weighted by molar-refractivity contribution is -0.137. The Bertz CT molecular complexity index is 655. The molecule has 20 heavy (non-hydrogen) atoms. The Hall–Kier alpha value is -1.97. The van der Waals surface area contributed by atoms with Gasteiger partial charge in [0.1, 0.15) is 5.75 Å². The van der Waals surface area contributed by atoms with Crippen molar-refractivity contribution in [3.63, 3.8) is 0 Å². The molecule has 1 heterocycles. The maximum absolute atomic E-state index is 11.1. The number of aromatic nitrogens is 1. The van der Waals surface area contributed by atoms with Crippen LogP contribution >= 0.6 is 0 Å². The third kappa shape index (κ3) is 2.15. The van der Waals surface area contributed by atoms with Crippen molar-refractivity contribution >= 4 is 16.9 Å². The fraction of sp³-hybridized carbons (Fsp3) is 0.438. The molecule has 1 aromatic carbocycles. The van der Waals surface area contributed by atoms with Crippen LogP contribution < -0.4 is 4.74 Å². The van der Waals surface area contributed by atoms with Gasteiger partial charge in [-0.3, -0.25) is 4.79 Å². The van der Waals surface area contributed by atoms with Crippen molar-refractivity contribution in [2.45, 2.75) is 32.1 Å². The van der Waals surface area contributed by atoms with Crippen LogP contribution in [0.2, 0.25) is 0 Å². The summed E-state index contributed by atoms with van der Waals surface area (Å²) in [4.78, 5) is 14.4. The Morgan fingerprint density at radius 1 is 1.50 bits per heavy atom. The fourth-order valence-electron chi connectivity index (χ4n) is 3.10. The van der Waals surface area contributed by atoms with Crippen LogP contribution in [0, 0.1) is 12.8 Å². The third-order valence-electron chi connectivity index (χ3n) is 4.22. The van der Waals surface area contributed by atoms with Gasteiger partial charge in [0, 0.05) is 23.0 Å². The first-order valence-corrected chi connectivity index (χ1v) is 6.98. The Kier molecular flexibility index (Phi) is 3.16. The van der Waals surface area contributed by atoms with E-state index < -0.39 is 5.97 Å². The molecule has 1 aromatic heterocycles. The van der Waals surface area contributed by atoms with Gasteiger partial charge in [-0.15, -0.1) is 0 Å². The summed E-state index contributed by atoms with van der Waals surface area (Å²) in [6.45, 7) is 2.04. The highest BCUT2D eigenvalue weighted by Crippen LogP contribution is 2.48. The molecule has 3 rings (SSSR count). The number of nitrogens with one attached hydrogen (secondary N) is 1. The Morgan fingerprint density at radius 2 is 2.25 bits per heavy atom. The minimum atomic E-state index is -0.741. The van der Waals surface area contributed by atoms with E-state index in [-0.39, 0.29) is 12.3 Å². The molecule has 106 valence electrons. The molecular formula is C16H19NO3. The number of benzene rings is 1. The molecule has 4 heteroatoms. The molecule has 1 unspecified atom stereocenters. The first-order chi connectivity index (χ1) is 9.61. The van der Waals surface area contributed by atoms with E-state index in [0.717, 1.165) is 40.6 Å². The van der Waals surface area contributed by atoms with Crippen LogP contribution in [0.3, 0.4) is 0 Å². The number of ether oxygens (including phenoxy) is 1. The number of aromatic amines is 1. The van der Waals surface area contributed by atoms with Gasteiger partial charge in [-0.1, -0.05) is 6.07 Å². The molecule has 4 nitrogen and oxygen atoms in total. The van der Waals surface area contributed by atoms with Gasteiger partial charge in [0.15, 0.2) is 0 Å². The molecule has 0 bridgehead atoms. The average Bonchev–Trinajstić information content (AvgIpc) is 3.19. The highest BCUT2D eigenvalue weighted by Gasteiger charge is 2.35. The number of aliphatic carboxylic acids is 1. The van der Waals surface area contributed by atoms with Crippen LogP contribution in [0.15, 0.2) is 18.3 Å². The molecule has 1 aliphatic carbocycles. The smallest absolute Gasteiger partial charge is 0.303 e. The molecule has 0 spiro atoms. The van der Waals surface area contributed by atoms with E-state index in [0.29, 0.717) is 5.92 Å². The number of aryl methyl sites for hydroxylation is 1. The second kappa shape index (κ2) is 4.85. The lowest BCUT2D eigenvalue weighted by atomic mass is 9.89. The van der Waals surface area contributed by atoms with E-state index in [1.54, 1.807) is 7.11 Å². The zero-order chi connectivity index (χ0) is 14.3. The van der Waals surface area contributed by atoms with E-state index in [1.807, 2.05) is 25.3 Å². The molecule has 1 fully saturated rings. The summed E-state index contributed by atoms with van der Waals surface area (Å²) in [6.07, 6.45) is 4.37. The van der Waals surface area contributed by atoms with E-state index in [9.17, 15) is 4.79 Å². The van der Waals surface area contributed by atoms with Gasteiger partial charge >= 0.3 is 5.97 Å². The molecule has 0 amide bonds. The van der Waals surface area contributed by atoms with Crippen LogP contribution in [0.1, 0.15) is 36.3 Å². The van der Waals surface area contributed by atoms with Gasteiger partial charge in [-0.25, -0.2) is 0 Å². The van der Waals surface area contributed by atoms with E-state index in [1.165, 1.54) is 0 Å². The van der Waals surface area contributed by atoms with Gasteiger partial charge in [0.05, 0.1) is 13.5 Å². The van der Waals surface area contributed by atoms with Gasteiger partial charge in [0.2, 0.25) is 0 Å². The quantitative estimate of drug-likeness (QED) is 0.877. The van der Waals surface area contributed by atoms with Crippen molar-refractivity contribution in [1.82, 2.24) is 4.98 Å². The number of carboxylic acids is 1. The normalized spacial score (nSPS) is 16.3. The number of carbonyl (C=O) groups is 1. The molecule has 1 aliphatic rings. The standard InChI is InChI=1S/C16H19NO3/c1-9-8-17-13-6-5-11(16(20-2)15(9)13)12(7-14(18)19)10-3-4-10/h5-6,8,10,12,17H,3-4,7H2,1-2H3,(H,18,19). The molecular weight excluding hydrogens is 254 g/mol. The minimum absolute atomic E-state index is 0.0566. The average molecular weight is 273 g/mol. The minimum Gasteiger partial charge on any atom is -0.496 e. The molecule has 1 atom stereocenters. The zero-order valence-corrected chi connectivity index (χ0v) is 11.8. The lowest BCUT2D eigenvalue weighted by Gasteiger charge is -2.19. The monoisotopic (exact) mass is 273 g/mol. The summed E-state index contributed by atoms with van der Waals surface area (Å²) in [6, 6.07) is 4.04. The Labute approximate surface area is 117 Å². The third-order valence-corrected chi connectivity index (χ3v) is 4.22. The number of H-pyrrole nitrogens is 1. The zero-order valence-electron chi connectivity index (χ0n) is 11.8. The summed E-state index contributed by atoms with van der Waals surface area (Å²) >= 11 is 0. The van der Waals surface area contributed by atoms with Gasteiger partial charge in [-0.05, 0) is 42.9 Å². The van der Waals surface area contributed by atoms with E-state index in [4.69, 9.17) is 9.84 Å². The van der Waals surface area contributed by atoms with Crippen molar-refractivity contribution in [3.05, 3.63) is 29.5 Å². The lowest BCUT2D eigenvalue weighted by Crippen LogP contribution is -2.10. The fourth-order valence-corrected chi connectivity index (χ4v) is 3.10. The first-order valence-electron chi connectivity index (χ1n) is 6.98. The summed E-state index contributed by atoms with van der Waals surface area (Å²) < 4.78 is 5.63. The molecule has 2 N–H and O–H groups in total. The number of hydrogen-bond donors (Lipinski definition) is 2. The second-order valence-corrected chi connectivity index (χ2v) is 5.62. The molecule has 2 aromatic rings. The van der Waals surface area contributed by atoms with Crippen LogP contribution in [0.5, 0.6) is 5.75 Å². The van der Waals surface area contributed by atoms with E-state index in [2.05, 4.69) is 4.98 Å². The highest BCUT2D eigenvalue weighted by atomic mass is 16.5. The Morgan fingerprint density at radius 3 is 2.85 bits per heavy atom.